The largest absolute Gasteiger partial charge is 0.343 e. The molecule has 1 aliphatic rings. The number of nitrogens with zero attached hydrogens (tertiary/aromatic N) is 2. The van der Waals surface area contributed by atoms with Crippen molar-refractivity contribution >= 4 is 15.9 Å². The summed E-state index contributed by atoms with van der Waals surface area (Å²) in [7, 11) is -1.65. The van der Waals surface area contributed by atoms with Gasteiger partial charge in [-0.2, -0.15) is 4.31 Å². The van der Waals surface area contributed by atoms with Gasteiger partial charge in [0.1, 0.15) is 0 Å². The molecule has 0 radical (unpaired) electrons. The first kappa shape index (κ1) is 16.0. The average molecular weight is 310 g/mol. The van der Waals surface area contributed by atoms with Gasteiger partial charge in [0.25, 0.3) is 0 Å². The maximum absolute atomic E-state index is 12.6. The molecule has 0 aromatic heterocycles. The van der Waals surface area contributed by atoms with E-state index in [2.05, 4.69) is 0 Å². The van der Waals surface area contributed by atoms with Gasteiger partial charge in [0, 0.05) is 33.1 Å². The van der Waals surface area contributed by atoms with Crippen LogP contribution in [0.2, 0.25) is 0 Å². The lowest BCUT2D eigenvalue weighted by Crippen LogP contribution is -2.46. The van der Waals surface area contributed by atoms with Gasteiger partial charge in [0.05, 0.1) is 4.90 Å². The van der Waals surface area contributed by atoms with Crippen molar-refractivity contribution in [1.82, 2.24) is 9.21 Å². The molecule has 0 atom stereocenters. The lowest BCUT2D eigenvalue weighted by Gasteiger charge is -2.35. The van der Waals surface area contributed by atoms with Crippen LogP contribution in [-0.2, 0) is 14.8 Å². The Balaban J connectivity index is 2.09. The van der Waals surface area contributed by atoms with E-state index in [0.29, 0.717) is 30.8 Å². The molecule has 0 spiro atoms. The zero-order chi connectivity index (χ0) is 15.6. The molecule has 1 fully saturated rings. The van der Waals surface area contributed by atoms with Crippen molar-refractivity contribution in [3.05, 3.63) is 29.8 Å². The van der Waals surface area contributed by atoms with Crippen LogP contribution in [0.1, 0.15) is 25.3 Å². The number of carbonyl (C=O) groups is 1. The van der Waals surface area contributed by atoms with Crippen LogP contribution in [0.15, 0.2) is 29.2 Å². The zero-order valence-electron chi connectivity index (χ0n) is 12.7. The second kappa shape index (κ2) is 6.15. The number of piperidine rings is 1. The Bertz CT molecular complexity index is 620. The van der Waals surface area contributed by atoms with Crippen LogP contribution >= 0.6 is 0 Å². The van der Waals surface area contributed by atoms with Gasteiger partial charge in [-0.05, 0) is 37.5 Å². The van der Waals surface area contributed by atoms with E-state index in [1.165, 1.54) is 11.2 Å². The summed E-state index contributed by atoms with van der Waals surface area (Å²) in [5.41, 5.74) is 0.933. The zero-order valence-corrected chi connectivity index (χ0v) is 13.6. The van der Waals surface area contributed by atoms with Crippen LogP contribution in [0, 0.1) is 6.92 Å². The van der Waals surface area contributed by atoms with Crippen molar-refractivity contribution in [2.75, 3.05) is 20.1 Å². The van der Waals surface area contributed by atoms with Gasteiger partial charge in [-0.25, -0.2) is 8.42 Å². The molecule has 21 heavy (non-hydrogen) atoms. The Kier molecular flexibility index (Phi) is 4.68. The fraction of sp³-hybridized carbons (Fsp3) is 0.533. The molecule has 0 bridgehead atoms. The molecule has 1 amide bonds. The first-order valence-corrected chi connectivity index (χ1v) is 8.56. The maximum atomic E-state index is 12.6. The van der Waals surface area contributed by atoms with Gasteiger partial charge < -0.3 is 4.90 Å². The van der Waals surface area contributed by atoms with E-state index in [1.807, 2.05) is 13.0 Å². The minimum Gasteiger partial charge on any atom is -0.343 e. The van der Waals surface area contributed by atoms with Gasteiger partial charge >= 0.3 is 0 Å². The minimum absolute atomic E-state index is 0.0231. The van der Waals surface area contributed by atoms with Crippen molar-refractivity contribution in [1.29, 1.82) is 0 Å². The Labute approximate surface area is 126 Å². The number of amides is 1. The molecule has 0 saturated carbocycles. The third-order valence-electron chi connectivity index (χ3n) is 4.10. The summed E-state index contributed by atoms with van der Waals surface area (Å²) in [6.07, 6.45) is 1.36. The van der Waals surface area contributed by atoms with E-state index >= 15 is 0 Å². The fourth-order valence-electron chi connectivity index (χ4n) is 2.65. The molecule has 0 unspecified atom stereocenters. The Morgan fingerprint density at radius 1 is 1.29 bits per heavy atom. The summed E-state index contributed by atoms with van der Waals surface area (Å²) >= 11 is 0. The van der Waals surface area contributed by atoms with Crippen molar-refractivity contribution in [3.63, 3.8) is 0 Å². The van der Waals surface area contributed by atoms with E-state index in [0.717, 1.165) is 5.56 Å². The summed E-state index contributed by atoms with van der Waals surface area (Å²) in [6, 6.07) is 7.11. The smallest absolute Gasteiger partial charge is 0.243 e. The standard InChI is InChI=1S/C15H22N2O3S/c1-12-5-4-6-15(11-12)21(19,20)17-9-7-14(8-10-17)16(3)13(2)18/h4-6,11,14H,7-10H2,1-3H3. The highest BCUT2D eigenvalue weighted by Gasteiger charge is 2.31. The van der Waals surface area contributed by atoms with Crippen LogP contribution < -0.4 is 0 Å². The highest BCUT2D eigenvalue weighted by atomic mass is 32.2. The molecule has 6 heteroatoms. The lowest BCUT2D eigenvalue weighted by molar-refractivity contribution is -0.130. The van der Waals surface area contributed by atoms with E-state index in [-0.39, 0.29) is 11.9 Å². The predicted molar refractivity (Wildman–Crippen MR) is 81.4 cm³/mol. The fourth-order valence-corrected chi connectivity index (χ4v) is 4.23. The van der Waals surface area contributed by atoms with Crippen molar-refractivity contribution in [2.45, 2.75) is 37.6 Å². The number of rotatable bonds is 3. The second-order valence-electron chi connectivity index (χ2n) is 5.58. The monoisotopic (exact) mass is 310 g/mol. The molecule has 5 nitrogen and oxygen atoms in total. The molecule has 1 saturated heterocycles. The van der Waals surface area contributed by atoms with Crippen molar-refractivity contribution in [2.24, 2.45) is 0 Å². The Morgan fingerprint density at radius 2 is 1.90 bits per heavy atom. The van der Waals surface area contributed by atoms with Crippen molar-refractivity contribution < 1.29 is 13.2 Å². The van der Waals surface area contributed by atoms with Gasteiger partial charge in [-0.1, -0.05) is 12.1 Å². The number of hydrogen-bond donors (Lipinski definition) is 0. The topological polar surface area (TPSA) is 57.7 Å². The minimum atomic E-state index is -3.42. The van der Waals surface area contributed by atoms with E-state index in [1.54, 1.807) is 30.1 Å². The predicted octanol–water partition coefficient (Wildman–Crippen LogP) is 1.63. The molecule has 1 heterocycles. The maximum Gasteiger partial charge on any atom is 0.243 e. The molecule has 2 rings (SSSR count). The summed E-state index contributed by atoms with van der Waals surface area (Å²) in [5, 5.41) is 0. The lowest BCUT2D eigenvalue weighted by atomic mass is 10.1. The number of sulfonamides is 1. The third-order valence-corrected chi connectivity index (χ3v) is 5.99. The van der Waals surface area contributed by atoms with Crippen LogP contribution in [0.3, 0.4) is 0 Å². The number of aryl methyl sites for hydroxylation is 1. The van der Waals surface area contributed by atoms with E-state index in [9.17, 15) is 13.2 Å². The second-order valence-corrected chi connectivity index (χ2v) is 7.52. The Hall–Kier alpha value is -1.40. The van der Waals surface area contributed by atoms with Crippen LogP contribution in [0.4, 0.5) is 0 Å². The van der Waals surface area contributed by atoms with Gasteiger partial charge in [0.15, 0.2) is 0 Å². The molecular weight excluding hydrogens is 288 g/mol. The number of benzene rings is 1. The van der Waals surface area contributed by atoms with Crippen LogP contribution in [0.5, 0.6) is 0 Å². The van der Waals surface area contributed by atoms with Crippen LogP contribution in [0.25, 0.3) is 0 Å². The summed E-state index contributed by atoms with van der Waals surface area (Å²) in [4.78, 5) is 13.4. The van der Waals surface area contributed by atoms with Gasteiger partial charge in [-0.15, -0.1) is 0 Å². The first-order chi connectivity index (χ1) is 9.82. The molecule has 1 aromatic rings. The molecule has 1 aromatic carbocycles. The normalized spacial score (nSPS) is 17.7. The molecule has 116 valence electrons. The molecule has 0 aliphatic carbocycles. The highest BCUT2D eigenvalue weighted by molar-refractivity contribution is 7.89. The summed E-state index contributed by atoms with van der Waals surface area (Å²) < 4.78 is 26.7. The highest BCUT2D eigenvalue weighted by Crippen LogP contribution is 2.23. The third kappa shape index (κ3) is 3.44. The number of carbonyl (C=O) groups excluding carboxylic acids is 1. The van der Waals surface area contributed by atoms with E-state index in [4.69, 9.17) is 0 Å². The molecular formula is C15H22N2O3S. The average Bonchev–Trinajstić information content (AvgIpc) is 2.46. The summed E-state index contributed by atoms with van der Waals surface area (Å²) in [5.74, 6) is 0.0231. The molecule has 1 aliphatic heterocycles. The quantitative estimate of drug-likeness (QED) is 0.852. The van der Waals surface area contributed by atoms with Gasteiger partial charge in [-0.3, -0.25) is 4.79 Å². The SMILES string of the molecule is CC(=O)N(C)C1CCN(S(=O)(=O)c2cccc(C)c2)CC1. The number of hydrogen-bond acceptors (Lipinski definition) is 3. The van der Waals surface area contributed by atoms with Crippen LogP contribution in [-0.4, -0.2) is 49.7 Å². The summed E-state index contributed by atoms with van der Waals surface area (Å²) in [6.45, 7) is 4.33. The van der Waals surface area contributed by atoms with E-state index < -0.39 is 10.0 Å². The molecule has 0 N–H and O–H groups in total. The Morgan fingerprint density at radius 3 is 2.43 bits per heavy atom. The van der Waals surface area contributed by atoms with Crippen molar-refractivity contribution in [3.8, 4) is 0 Å². The first-order valence-electron chi connectivity index (χ1n) is 7.12. The van der Waals surface area contributed by atoms with Gasteiger partial charge in [0.2, 0.25) is 15.9 Å².